The van der Waals surface area contributed by atoms with E-state index in [2.05, 4.69) is 5.32 Å². The number of nitrogens with two attached hydrogens (primary N) is 1. The van der Waals surface area contributed by atoms with Crippen molar-refractivity contribution in [3.8, 4) is 5.75 Å². The predicted octanol–water partition coefficient (Wildman–Crippen LogP) is 3.37. The van der Waals surface area contributed by atoms with Crippen LogP contribution in [-0.4, -0.2) is 35.0 Å². The summed E-state index contributed by atoms with van der Waals surface area (Å²) in [6.07, 6.45) is 1.05. The summed E-state index contributed by atoms with van der Waals surface area (Å²) in [6, 6.07) is 13.1. The number of fused-ring (bicyclic) bond motifs is 1. The third kappa shape index (κ3) is 5.74. The number of ketones is 1. The summed E-state index contributed by atoms with van der Waals surface area (Å²) >= 11 is 1.53. The van der Waals surface area contributed by atoms with Crippen LogP contribution in [0.25, 0.3) is 0 Å². The Balaban J connectivity index is 1.77. The van der Waals surface area contributed by atoms with E-state index >= 15 is 0 Å². The predicted molar refractivity (Wildman–Crippen MR) is 121 cm³/mol. The second-order valence-electron chi connectivity index (χ2n) is 8.18. The highest BCUT2D eigenvalue weighted by Crippen LogP contribution is 2.39. The molecule has 0 bridgehead atoms. The number of carbonyl (C=O) groups is 3. The Kier molecular flexibility index (Phi) is 7.51. The van der Waals surface area contributed by atoms with Gasteiger partial charge in [0.25, 0.3) is 0 Å². The molecule has 2 aromatic carbocycles. The smallest absolute Gasteiger partial charge is 0.334 e. The molecule has 0 aliphatic carbocycles. The summed E-state index contributed by atoms with van der Waals surface area (Å²) in [5, 5.41) is 2.39. The van der Waals surface area contributed by atoms with Gasteiger partial charge in [-0.05, 0) is 49.4 Å². The van der Waals surface area contributed by atoms with E-state index in [1.165, 1.54) is 11.8 Å². The van der Waals surface area contributed by atoms with E-state index in [4.69, 9.17) is 10.5 Å². The summed E-state index contributed by atoms with van der Waals surface area (Å²) in [5.41, 5.74) is 7.14. The molecular weight excluding hydrogens is 412 g/mol. The number of hydrogen-bond acceptors (Lipinski definition) is 6. The van der Waals surface area contributed by atoms with Crippen LogP contribution in [0.1, 0.15) is 43.1 Å². The topological polar surface area (TPSA) is 98.5 Å². The van der Waals surface area contributed by atoms with Gasteiger partial charge in [0.05, 0.1) is 16.9 Å². The van der Waals surface area contributed by atoms with Crippen molar-refractivity contribution in [1.29, 1.82) is 0 Å². The van der Waals surface area contributed by atoms with E-state index in [1.807, 2.05) is 38.1 Å². The number of nitrogens with one attached hydrogen (secondary N) is 1. The van der Waals surface area contributed by atoms with Gasteiger partial charge in [-0.25, -0.2) is 4.79 Å². The summed E-state index contributed by atoms with van der Waals surface area (Å²) in [7, 11) is 0. The molecule has 0 fully saturated rings. The van der Waals surface area contributed by atoms with Crippen LogP contribution in [0.15, 0.2) is 53.4 Å². The summed E-state index contributed by atoms with van der Waals surface area (Å²) in [5.74, 6) is -0.754. The van der Waals surface area contributed by atoms with Gasteiger partial charge in [-0.15, -0.1) is 11.8 Å². The molecule has 0 saturated carbocycles. The van der Waals surface area contributed by atoms with Crippen LogP contribution in [0.3, 0.4) is 0 Å². The van der Waals surface area contributed by atoms with E-state index in [9.17, 15) is 14.4 Å². The minimum Gasteiger partial charge on any atom is -0.424 e. The maximum absolute atomic E-state index is 13.2. The van der Waals surface area contributed by atoms with Crippen molar-refractivity contribution in [1.82, 2.24) is 5.32 Å². The highest BCUT2D eigenvalue weighted by molar-refractivity contribution is 8.01. The quantitative estimate of drug-likeness (QED) is 0.371. The minimum atomic E-state index is -0.841. The number of para-hydroxylation sites is 1. The number of rotatable bonds is 8. The van der Waals surface area contributed by atoms with Crippen LogP contribution in [0.5, 0.6) is 5.75 Å². The Morgan fingerprint density at radius 2 is 1.77 bits per heavy atom. The summed E-state index contributed by atoms with van der Waals surface area (Å²) in [6.45, 7) is 5.45. The summed E-state index contributed by atoms with van der Waals surface area (Å²) in [4.78, 5) is 39.3. The van der Waals surface area contributed by atoms with Gasteiger partial charge in [-0.2, -0.15) is 0 Å². The largest absolute Gasteiger partial charge is 0.424 e. The van der Waals surface area contributed by atoms with Gasteiger partial charge in [0, 0.05) is 4.90 Å². The fourth-order valence-corrected chi connectivity index (χ4v) is 4.69. The van der Waals surface area contributed by atoms with Gasteiger partial charge in [0.2, 0.25) is 5.91 Å². The molecule has 31 heavy (non-hydrogen) atoms. The van der Waals surface area contributed by atoms with E-state index in [-0.39, 0.29) is 22.7 Å². The SMILES string of the molecule is CC(C)C[C@H](NC(=O)C(C)N)C(=O)Oc1ccccc1C(=O)[C@@H]1Cc2ccccc2S1. The third-order valence-corrected chi connectivity index (χ3v) is 6.34. The molecule has 1 unspecified atom stereocenters. The molecule has 7 heteroatoms. The molecule has 2 aromatic rings. The first-order valence-corrected chi connectivity index (χ1v) is 11.3. The molecular formula is C24H28N2O4S. The number of benzene rings is 2. The average Bonchev–Trinajstić information content (AvgIpc) is 3.17. The van der Waals surface area contributed by atoms with Crippen LogP contribution >= 0.6 is 11.8 Å². The van der Waals surface area contributed by atoms with Crippen LogP contribution in [0.2, 0.25) is 0 Å². The number of thioether (sulfide) groups is 1. The first-order valence-electron chi connectivity index (χ1n) is 10.4. The lowest BCUT2D eigenvalue weighted by Crippen LogP contribution is -2.49. The molecule has 0 saturated heterocycles. The van der Waals surface area contributed by atoms with Crippen LogP contribution in [0, 0.1) is 5.92 Å². The van der Waals surface area contributed by atoms with Gasteiger partial charge in [0.1, 0.15) is 11.8 Å². The second kappa shape index (κ2) is 10.1. The van der Waals surface area contributed by atoms with E-state index < -0.39 is 24.0 Å². The Labute approximate surface area is 186 Å². The van der Waals surface area contributed by atoms with Crippen molar-refractivity contribution >= 4 is 29.4 Å². The average molecular weight is 441 g/mol. The highest BCUT2D eigenvalue weighted by Gasteiger charge is 2.32. The number of esters is 1. The Bertz CT molecular complexity index is 949. The number of ether oxygens (including phenoxy) is 1. The molecule has 1 amide bonds. The fourth-order valence-electron chi connectivity index (χ4n) is 3.43. The lowest BCUT2D eigenvalue weighted by molar-refractivity contribution is -0.140. The molecule has 6 nitrogen and oxygen atoms in total. The number of carbonyl (C=O) groups excluding carboxylic acids is 3. The van der Waals surface area contributed by atoms with Crippen LogP contribution in [-0.2, 0) is 16.0 Å². The highest BCUT2D eigenvalue weighted by atomic mass is 32.2. The standard InChI is InChI=1S/C24H28N2O4S/c1-14(2)12-18(26-23(28)15(3)25)24(29)30-19-10-6-5-9-17(19)22(27)21-13-16-8-4-7-11-20(16)31-21/h4-11,14-15,18,21H,12-13,25H2,1-3H3,(H,26,28)/t15?,18-,21-/m0/s1. The first-order chi connectivity index (χ1) is 14.8. The molecule has 3 rings (SSSR count). The number of Topliss-reactive ketones (excluding diaryl/α,β-unsaturated/α-hetero) is 1. The Hall–Kier alpha value is -2.64. The molecule has 0 radical (unpaired) electrons. The maximum Gasteiger partial charge on any atom is 0.334 e. The van der Waals surface area contributed by atoms with Crippen molar-refractivity contribution in [2.75, 3.05) is 0 Å². The van der Waals surface area contributed by atoms with Gasteiger partial charge < -0.3 is 15.8 Å². The Morgan fingerprint density at radius 3 is 2.45 bits per heavy atom. The van der Waals surface area contributed by atoms with Gasteiger partial charge in [-0.3, -0.25) is 9.59 Å². The fraction of sp³-hybridized carbons (Fsp3) is 0.375. The van der Waals surface area contributed by atoms with E-state index in [0.29, 0.717) is 18.4 Å². The molecule has 1 aliphatic heterocycles. The van der Waals surface area contributed by atoms with E-state index in [1.54, 1.807) is 31.2 Å². The maximum atomic E-state index is 13.2. The molecule has 1 aliphatic rings. The van der Waals surface area contributed by atoms with Crippen molar-refractivity contribution in [3.63, 3.8) is 0 Å². The van der Waals surface area contributed by atoms with Gasteiger partial charge >= 0.3 is 5.97 Å². The number of amides is 1. The normalized spacial score (nSPS) is 17.0. The molecule has 0 spiro atoms. The van der Waals surface area contributed by atoms with Crippen LogP contribution in [0.4, 0.5) is 0 Å². The lowest BCUT2D eigenvalue weighted by Gasteiger charge is -2.21. The minimum absolute atomic E-state index is 0.0791. The van der Waals surface area contributed by atoms with E-state index in [0.717, 1.165) is 10.5 Å². The molecule has 164 valence electrons. The zero-order chi connectivity index (χ0) is 22.5. The van der Waals surface area contributed by atoms with Crippen molar-refractivity contribution in [2.45, 2.75) is 55.8 Å². The molecule has 3 atom stereocenters. The third-order valence-electron chi connectivity index (χ3n) is 5.02. The van der Waals surface area contributed by atoms with Crippen molar-refractivity contribution in [2.24, 2.45) is 11.7 Å². The molecule has 1 heterocycles. The second-order valence-corrected chi connectivity index (χ2v) is 9.42. The molecule has 3 N–H and O–H groups in total. The summed E-state index contributed by atoms with van der Waals surface area (Å²) < 4.78 is 5.62. The molecule has 0 aromatic heterocycles. The zero-order valence-corrected chi connectivity index (χ0v) is 18.8. The number of hydrogen-bond donors (Lipinski definition) is 2. The monoisotopic (exact) mass is 440 g/mol. The van der Waals surface area contributed by atoms with Crippen molar-refractivity contribution in [3.05, 3.63) is 59.7 Å². The van der Waals surface area contributed by atoms with Gasteiger partial charge in [-0.1, -0.05) is 44.2 Å². The zero-order valence-electron chi connectivity index (χ0n) is 18.0. The van der Waals surface area contributed by atoms with Gasteiger partial charge in [0.15, 0.2) is 5.78 Å². The van der Waals surface area contributed by atoms with Crippen molar-refractivity contribution < 1.29 is 19.1 Å². The Morgan fingerprint density at radius 1 is 1.10 bits per heavy atom. The first kappa shape index (κ1) is 23.0. The lowest BCUT2D eigenvalue weighted by atomic mass is 10.0. The van der Waals surface area contributed by atoms with Crippen LogP contribution < -0.4 is 15.8 Å².